The third-order valence-corrected chi connectivity index (χ3v) is 11.0. The van der Waals surface area contributed by atoms with E-state index in [4.69, 9.17) is 9.97 Å². The van der Waals surface area contributed by atoms with Crippen LogP contribution in [0.15, 0.2) is 170 Å². The first-order chi connectivity index (χ1) is 25.7. The van der Waals surface area contributed by atoms with Gasteiger partial charge < -0.3 is 4.57 Å². The molecule has 0 bridgehead atoms. The summed E-state index contributed by atoms with van der Waals surface area (Å²) in [6.07, 6.45) is 0. The number of rotatable bonds is 5. The quantitative estimate of drug-likeness (QED) is 0.182. The summed E-state index contributed by atoms with van der Waals surface area (Å²) >= 11 is 1.78. The number of nitrogens with zero attached hydrogens (tertiary/aromatic N) is 4. The standard InChI is InChI=1S/C47H28N4S/c48-29-30-23-35(25-36(24-30)51-43-17-9-7-15-37(43)38-16-8-10-18-44(38)51)33-19-21-45-39(26-33)40-27-34(20-22-46(40)52-45)47-49-41(31-11-3-1-4-12-31)28-42(50-47)32-13-5-2-6-14-32/h1-28H. The second-order valence-corrected chi connectivity index (χ2v) is 14.1. The van der Waals surface area contributed by atoms with E-state index in [-0.39, 0.29) is 0 Å². The van der Waals surface area contributed by atoms with Crippen molar-refractivity contribution in [2.24, 2.45) is 0 Å². The number of benzene rings is 7. The molecule has 0 fully saturated rings. The van der Waals surface area contributed by atoms with Crippen LogP contribution in [-0.2, 0) is 0 Å². The predicted octanol–water partition coefficient (Wildman–Crippen LogP) is 12.5. The fourth-order valence-corrected chi connectivity index (χ4v) is 8.42. The minimum atomic E-state index is 0.622. The van der Waals surface area contributed by atoms with E-state index in [0.717, 1.165) is 61.3 Å². The molecule has 0 saturated carbocycles. The van der Waals surface area contributed by atoms with E-state index in [0.29, 0.717) is 11.4 Å². The van der Waals surface area contributed by atoms with Crippen LogP contribution in [0.2, 0.25) is 0 Å². The Morgan fingerprint density at radius 2 is 0.981 bits per heavy atom. The topological polar surface area (TPSA) is 54.5 Å². The predicted molar refractivity (Wildman–Crippen MR) is 216 cm³/mol. The molecule has 3 aromatic heterocycles. The van der Waals surface area contributed by atoms with Crippen molar-refractivity contribution < 1.29 is 0 Å². The molecule has 7 aromatic carbocycles. The number of aromatic nitrogens is 3. The van der Waals surface area contributed by atoms with E-state index in [1.165, 1.54) is 25.6 Å². The van der Waals surface area contributed by atoms with Crippen molar-refractivity contribution >= 4 is 53.3 Å². The van der Waals surface area contributed by atoms with Crippen LogP contribution in [0.1, 0.15) is 5.56 Å². The molecule has 10 rings (SSSR count). The maximum atomic E-state index is 10.2. The molecule has 0 aliphatic heterocycles. The average molecular weight is 681 g/mol. The molecule has 0 atom stereocenters. The summed E-state index contributed by atoms with van der Waals surface area (Å²) in [4.78, 5) is 10.2. The Bertz CT molecular complexity index is 2910. The summed E-state index contributed by atoms with van der Waals surface area (Å²) < 4.78 is 4.68. The average Bonchev–Trinajstić information content (AvgIpc) is 3.76. The molecular formula is C47H28N4S. The van der Waals surface area contributed by atoms with E-state index in [1.54, 1.807) is 11.3 Å². The Morgan fingerprint density at radius 1 is 0.442 bits per heavy atom. The highest BCUT2D eigenvalue weighted by atomic mass is 32.1. The Kier molecular flexibility index (Phi) is 7.02. The van der Waals surface area contributed by atoms with Crippen LogP contribution in [0.25, 0.3) is 92.7 Å². The lowest BCUT2D eigenvalue weighted by molar-refractivity contribution is 1.18. The highest BCUT2D eigenvalue weighted by molar-refractivity contribution is 7.25. The molecule has 10 aromatic rings. The van der Waals surface area contributed by atoms with Crippen LogP contribution in [0.4, 0.5) is 0 Å². The molecule has 0 aliphatic carbocycles. The van der Waals surface area contributed by atoms with Crippen LogP contribution in [-0.4, -0.2) is 14.5 Å². The molecule has 0 spiro atoms. The minimum absolute atomic E-state index is 0.622. The summed E-state index contributed by atoms with van der Waals surface area (Å²) in [6, 6.07) is 61.4. The maximum Gasteiger partial charge on any atom is 0.160 e. The summed E-state index contributed by atoms with van der Waals surface area (Å²) in [5.74, 6) is 0.690. The largest absolute Gasteiger partial charge is 0.309 e. The van der Waals surface area contributed by atoms with Gasteiger partial charge in [-0.1, -0.05) is 103 Å². The van der Waals surface area contributed by atoms with Gasteiger partial charge >= 0.3 is 0 Å². The fourth-order valence-electron chi connectivity index (χ4n) is 7.36. The second-order valence-electron chi connectivity index (χ2n) is 13.0. The van der Waals surface area contributed by atoms with Gasteiger partial charge in [-0.05, 0) is 77.9 Å². The zero-order valence-corrected chi connectivity index (χ0v) is 28.7. The van der Waals surface area contributed by atoms with Crippen molar-refractivity contribution in [3.05, 3.63) is 175 Å². The van der Waals surface area contributed by atoms with Gasteiger partial charge in [0.15, 0.2) is 5.82 Å². The van der Waals surface area contributed by atoms with E-state index in [1.807, 2.05) is 48.5 Å². The molecule has 0 amide bonds. The van der Waals surface area contributed by atoms with E-state index < -0.39 is 0 Å². The van der Waals surface area contributed by atoms with Crippen LogP contribution < -0.4 is 0 Å². The number of thiophene rings is 1. The Hall–Kier alpha value is -6.87. The Labute approximate surface area is 304 Å². The number of hydrogen-bond acceptors (Lipinski definition) is 4. The Balaban J connectivity index is 1.12. The smallest absolute Gasteiger partial charge is 0.160 e. The molecule has 52 heavy (non-hydrogen) atoms. The molecule has 0 unspecified atom stereocenters. The zero-order valence-electron chi connectivity index (χ0n) is 27.9. The molecular weight excluding hydrogens is 653 g/mol. The number of hydrogen-bond donors (Lipinski definition) is 0. The van der Waals surface area contributed by atoms with Gasteiger partial charge in [0, 0.05) is 53.3 Å². The van der Waals surface area contributed by atoms with Gasteiger partial charge in [-0.3, -0.25) is 0 Å². The van der Waals surface area contributed by atoms with E-state index in [2.05, 4.69) is 132 Å². The lowest BCUT2D eigenvalue weighted by Crippen LogP contribution is -1.96. The van der Waals surface area contributed by atoms with Gasteiger partial charge in [-0.25, -0.2) is 9.97 Å². The summed E-state index contributed by atoms with van der Waals surface area (Å²) in [5.41, 5.74) is 10.7. The maximum absolute atomic E-state index is 10.2. The molecule has 0 aliphatic rings. The minimum Gasteiger partial charge on any atom is -0.309 e. The van der Waals surface area contributed by atoms with Gasteiger partial charge in [-0.15, -0.1) is 11.3 Å². The first kappa shape index (κ1) is 30.0. The zero-order chi connectivity index (χ0) is 34.6. The Morgan fingerprint density at radius 3 is 1.58 bits per heavy atom. The first-order valence-electron chi connectivity index (χ1n) is 17.2. The van der Waals surface area contributed by atoms with Gasteiger partial charge in [0.25, 0.3) is 0 Å². The monoisotopic (exact) mass is 680 g/mol. The third kappa shape index (κ3) is 5.05. The van der Waals surface area contributed by atoms with E-state index >= 15 is 0 Å². The van der Waals surface area contributed by atoms with Crippen molar-refractivity contribution in [2.45, 2.75) is 0 Å². The van der Waals surface area contributed by atoms with Gasteiger partial charge in [0.1, 0.15) is 0 Å². The van der Waals surface area contributed by atoms with Gasteiger partial charge in [0.2, 0.25) is 0 Å². The molecule has 0 radical (unpaired) electrons. The van der Waals surface area contributed by atoms with Crippen molar-refractivity contribution in [1.29, 1.82) is 5.26 Å². The molecule has 5 heteroatoms. The second kappa shape index (κ2) is 12.2. The molecule has 3 heterocycles. The van der Waals surface area contributed by atoms with Crippen molar-refractivity contribution in [3.63, 3.8) is 0 Å². The highest BCUT2D eigenvalue weighted by Crippen LogP contribution is 2.40. The summed E-state index contributed by atoms with van der Waals surface area (Å²) in [6.45, 7) is 0. The van der Waals surface area contributed by atoms with Crippen molar-refractivity contribution in [3.8, 4) is 56.8 Å². The molecule has 0 N–H and O–H groups in total. The normalized spacial score (nSPS) is 11.4. The van der Waals surface area contributed by atoms with Gasteiger partial charge in [0.05, 0.1) is 34.1 Å². The molecule has 4 nitrogen and oxygen atoms in total. The van der Waals surface area contributed by atoms with Crippen molar-refractivity contribution in [2.75, 3.05) is 0 Å². The highest BCUT2D eigenvalue weighted by Gasteiger charge is 2.16. The third-order valence-electron chi connectivity index (χ3n) is 9.81. The van der Waals surface area contributed by atoms with Crippen LogP contribution >= 0.6 is 11.3 Å². The lowest BCUT2D eigenvalue weighted by atomic mass is 9.99. The number of fused-ring (bicyclic) bond motifs is 6. The van der Waals surface area contributed by atoms with Crippen LogP contribution in [0.3, 0.4) is 0 Å². The number of para-hydroxylation sites is 2. The molecule has 242 valence electrons. The molecule has 0 saturated heterocycles. The lowest BCUT2D eigenvalue weighted by Gasteiger charge is -2.12. The van der Waals surface area contributed by atoms with Crippen LogP contribution in [0, 0.1) is 11.3 Å². The van der Waals surface area contributed by atoms with E-state index in [9.17, 15) is 5.26 Å². The van der Waals surface area contributed by atoms with Gasteiger partial charge in [-0.2, -0.15) is 5.26 Å². The van der Waals surface area contributed by atoms with Crippen molar-refractivity contribution in [1.82, 2.24) is 14.5 Å². The fraction of sp³-hybridized carbons (Fsp3) is 0. The first-order valence-corrected chi connectivity index (χ1v) is 18.0. The van der Waals surface area contributed by atoms with Crippen LogP contribution in [0.5, 0.6) is 0 Å². The summed E-state index contributed by atoms with van der Waals surface area (Å²) in [7, 11) is 0. The summed E-state index contributed by atoms with van der Waals surface area (Å²) in [5, 5.41) is 14.9. The SMILES string of the molecule is N#Cc1cc(-c2ccc3sc4ccc(-c5nc(-c6ccccc6)cc(-c6ccccc6)n5)cc4c3c2)cc(-n2c3ccccc3c3ccccc32)c1. The number of nitriles is 1.